The van der Waals surface area contributed by atoms with Crippen LogP contribution in [0.3, 0.4) is 0 Å². The first-order valence-corrected chi connectivity index (χ1v) is 6.13. The van der Waals surface area contributed by atoms with E-state index in [2.05, 4.69) is 26.2 Å². The third-order valence-electron chi connectivity index (χ3n) is 2.83. The lowest BCUT2D eigenvalue weighted by atomic mass is 9.99. The fraction of sp³-hybridized carbons (Fsp3) is 0.400. The summed E-state index contributed by atoms with van der Waals surface area (Å²) in [6.07, 6.45) is 1.37. The molecule has 2 heterocycles. The Labute approximate surface area is 116 Å². The number of halogens is 1. The van der Waals surface area contributed by atoms with Gasteiger partial charge >= 0.3 is 5.97 Å². The Hall–Kier alpha value is -1.74. The molecule has 102 valence electrons. The third kappa shape index (κ3) is 2.66. The zero-order chi connectivity index (χ0) is 14.0. The van der Waals surface area contributed by atoms with Crippen LogP contribution in [0, 0.1) is 10.1 Å². The lowest BCUT2D eigenvalue weighted by Gasteiger charge is -2.24. The fourth-order valence-electron chi connectivity index (χ4n) is 1.73. The Bertz CT molecular complexity index is 530. The molecule has 1 fully saturated rings. The van der Waals surface area contributed by atoms with Crippen molar-refractivity contribution in [1.82, 2.24) is 4.98 Å². The quantitative estimate of drug-likeness (QED) is 0.633. The van der Waals surface area contributed by atoms with E-state index in [4.69, 9.17) is 4.74 Å². The summed E-state index contributed by atoms with van der Waals surface area (Å²) in [5, 5.41) is 22.6. The van der Waals surface area contributed by atoms with Gasteiger partial charge in [-0.15, -0.1) is 0 Å². The van der Waals surface area contributed by atoms with Gasteiger partial charge in [-0.25, -0.2) is 9.78 Å². The van der Waals surface area contributed by atoms with Crippen molar-refractivity contribution in [3.8, 4) is 0 Å². The standard InChI is InChI=1S/C10H10BrN3O5/c11-7-3-6(14(17)18)4-12-8(7)13-10(9(15)16)1-2-19-5-10/h3-4H,1-2,5H2,(H,12,13)(H,15,16). The molecule has 0 amide bonds. The van der Waals surface area contributed by atoms with Gasteiger partial charge in [0.15, 0.2) is 5.54 Å². The maximum atomic E-state index is 11.3. The molecule has 0 radical (unpaired) electrons. The van der Waals surface area contributed by atoms with E-state index < -0.39 is 16.4 Å². The molecule has 8 nitrogen and oxygen atoms in total. The molecule has 0 aliphatic carbocycles. The van der Waals surface area contributed by atoms with Gasteiger partial charge in [-0.1, -0.05) is 0 Å². The molecule has 19 heavy (non-hydrogen) atoms. The molecular formula is C10H10BrN3O5. The van der Waals surface area contributed by atoms with Gasteiger partial charge in [-0.05, 0) is 15.9 Å². The first-order valence-electron chi connectivity index (χ1n) is 5.34. The second kappa shape index (κ2) is 5.10. The number of nitrogens with zero attached hydrogens (tertiary/aromatic N) is 2. The highest BCUT2D eigenvalue weighted by atomic mass is 79.9. The topological polar surface area (TPSA) is 115 Å². The van der Waals surface area contributed by atoms with Crippen LogP contribution >= 0.6 is 15.9 Å². The molecule has 0 saturated carbocycles. The molecule has 2 rings (SSSR count). The van der Waals surface area contributed by atoms with Crippen molar-refractivity contribution in [3.05, 3.63) is 26.9 Å². The van der Waals surface area contributed by atoms with Crippen molar-refractivity contribution in [2.75, 3.05) is 18.5 Å². The minimum atomic E-state index is -1.24. The van der Waals surface area contributed by atoms with E-state index in [1.807, 2.05) is 0 Å². The van der Waals surface area contributed by atoms with E-state index >= 15 is 0 Å². The molecule has 1 aliphatic rings. The molecule has 1 aromatic heterocycles. The minimum absolute atomic E-state index is 0.0213. The maximum Gasteiger partial charge on any atom is 0.331 e. The normalized spacial score (nSPS) is 22.2. The first kappa shape index (κ1) is 13.7. The molecule has 9 heteroatoms. The van der Waals surface area contributed by atoms with E-state index in [1.54, 1.807) is 0 Å². The van der Waals surface area contributed by atoms with Crippen LogP contribution in [0.1, 0.15) is 6.42 Å². The maximum absolute atomic E-state index is 11.3. The average molecular weight is 332 g/mol. The van der Waals surface area contributed by atoms with Crippen LogP contribution in [0.15, 0.2) is 16.7 Å². The summed E-state index contributed by atoms with van der Waals surface area (Å²) >= 11 is 3.13. The predicted molar refractivity (Wildman–Crippen MR) is 68.0 cm³/mol. The van der Waals surface area contributed by atoms with Gasteiger partial charge in [0.2, 0.25) is 0 Å². The number of hydrogen-bond acceptors (Lipinski definition) is 6. The SMILES string of the molecule is O=C(O)C1(Nc2ncc([N+](=O)[O-])cc2Br)CCOC1. The van der Waals surface area contributed by atoms with Crippen molar-refractivity contribution in [2.24, 2.45) is 0 Å². The van der Waals surface area contributed by atoms with Gasteiger partial charge in [0, 0.05) is 19.1 Å². The minimum Gasteiger partial charge on any atom is -0.479 e. The molecule has 1 unspecified atom stereocenters. The van der Waals surface area contributed by atoms with Crippen molar-refractivity contribution >= 4 is 33.4 Å². The molecule has 1 aliphatic heterocycles. The molecule has 0 spiro atoms. The number of carboxylic acid groups (broad SMARTS) is 1. The van der Waals surface area contributed by atoms with Crippen molar-refractivity contribution in [2.45, 2.75) is 12.0 Å². The number of nitro groups is 1. The molecule has 1 atom stereocenters. The summed E-state index contributed by atoms with van der Waals surface area (Å²) in [4.78, 5) is 25.2. The van der Waals surface area contributed by atoms with Crippen LogP contribution in [0.4, 0.5) is 11.5 Å². The lowest BCUT2D eigenvalue weighted by Crippen LogP contribution is -2.47. The number of hydrogen-bond donors (Lipinski definition) is 2. The van der Waals surface area contributed by atoms with Crippen LogP contribution < -0.4 is 5.32 Å². The Morgan fingerprint density at radius 1 is 1.68 bits per heavy atom. The first-order chi connectivity index (χ1) is 8.94. The largest absolute Gasteiger partial charge is 0.479 e. The number of nitrogens with one attached hydrogen (secondary N) is 1. The highest BCUT2D eigenvalue weighted by Crippen LogP contribution is 2.30. The van der Waals surface area contributed by atoms with Gasteiger partial charge in [-0.3, -0.25) is 10.1 Å². The molecule has 1 saturated heterocycles. The summed E-state index contributed by atoms with van der Waals surface area (Å²) in [5.74, 6) is -0.810. The number of anilines is 1. The Kier molecular flexibility index (Phi) is 3.67. The zero-order valence-electron chi connectivity index (χ0n) is 9.63. The summed E-state index contributed by atoms with van der Waals surface area (Å²) in [5.41, 5.74) is -1.42. The second-order valence-electron chi connectivity index (χ2n) is 4.10. The molecule has 0 bridgehead atoms. The Morgan fingerprint density at radius 3 is 2.89 bits per heavy atom. The second-order valence-corrected chi connectivity index (χ2v) is 4.95. The Morgan fingerprint density at radius 2 is 2.42 bits per heavy atom. The van der Waals surface area contributed by atoms with Crippen LogP contribution in [0.2, 0.25) is 0 Å². The van der Waals surface area contributed by atoms with E-state index in [-0.39, 0.29) is 18.1 Å². The number of carboxylic acids is 1. The van der Waals surface area contributed by atoms with Gasteiger partial charge in [0.1, 0.15) is 12.0 Å². The van der Waals surface area contributed by atoms with Gasteiger partial charge in [0.05, 0.1) is 16.0 Å². The molecular weight excluding hydrogens is 322 g/mol. The van der Waals surface area contributed by atoms with E-state index in [9.17, 15) is 20.0 Å². The van der Waals surface area contributed by atoms with Crippen LogP contribution in [0.25, 0.3) is 0 Å². The van der Waals surface area contributed by atoms with Gasteiger partial charge in [-0.2, -0.15) is 0 Å². The highest BCUT2D eigenvalue weighted by Gasteiger charge is 2.43. The summed E-state index contributed by atoms with van der Waals surface area (Å²) in [6, 6.07) is 1.26. The summed E-state index contributed by atoms with van der Waals surface area (Å²) in [6.45, 7) is 0.358. The number of carbonyl (C=O) groups is 1. The number of ether oxygens (including phenoxy) is 1. The lowest BCUT2D eigenvalue weighted by molar-refractivity contribution is -0.385. The smallest absolute Gasteiger partial charge is 0.331 e. The Balaban J connectivity index is 2.28. The van der Waals surface area contributed by atoms with Gasteiger partial charge < -0.3 is 15.2 Å². The van der Waals surface area contributed by atoms with Crippen LogP contribution in [-0.4, -0.2) is 39.7 Å². The van der Waals surface area contributed by atoms with E-state index in [1.165, 1.54) is 6.07 Å². The third-order valence-corrected chi connectivity index (χ3v) is 3.43. The highest BCUT2D eigenvalue weighted by molar-refractivity contribution is 9.10. The molecule has 2 N–H and O–H groups in total. The molecule has 1 aromatic rings. The van der Waals surface area contributed by atoms with Crippen LogP contribution in [-0.2, 0) is 9.53 Å². The van der Waals surface area contributed by atoms with Crippen molar-refractivity contribution < 1.29 is 19.6 Å². The number of aliphatic carboxylic acids is 1. The van der Waals surface area contributed by atoms with Crippen molar-refractivity contribution in [1.29, 1.82) is 0 Å². The van der Waals surface area contributed by atoms with Crippen LogP contribution in [0.5, 0.6) is 0 Å². The zero-order valence-corrected chi connectivity index (χ0v) is 11.2. The number of pyridine rings is 1. The monoisotopic (exact) mass is 331 g/mol. The average Bonchev–Trinajstić information content (AvgIpc) is 2.81. The fourth-order valence-corrected chi connectivity index (χ4v) is 2.17. The molecule has 0 aromatic carbocycles. The van der Waals surface area contributed by atoms with Gasteiger partial charge in [0.25, 0.3) is 5.69 Å². The predicted octanol–water partition coefficient (Wildman–Crippen LogP) is 1.41. The van der Waals surface area contributed by atoms with E-state index in [0.717, 1.165) is 6.20 Å². The van der Waals surface area contributed by atoms with Crippen molar-refractivity contribution in [3.63, 3.8) is 0 Å². The summed E-state index contributed by atoms with van der Waals surface area (Å²) < 4.78 is 5.43. The summed E-state index contributed by atoms with van der Waals surface area (Å²) in [7, 11) is 0. The number of rotatable bonds is 4. The number of aromatic nitrogens is 1. The van der Waals surface area contributed by atoms with E-state index in [0.29, 0.717) is 17.5 Å².